The highest BCUT2D eigenvalue weighted by Gasteiger charge is 2.08. The fourth-order valence-electron chi connectivity index (χ4n) is 2.67. The average Bonchev–Trinajstić information content (AvgIpc) is 2.65. The van der Waals surface area contributed by atoms with Crippen molar-refractivity contribution >= 4 is 10.8 Å². The molecule has 128 valence electrons. The Kier molecular flexibility index (Phi) is 6.41. The van der Waals surface area contributed by atoms with E-state index in [0.717, 1.165) is 29.9 Å². The standard InChI is InChI=1S/C22H22O2S/c23-25(17-9-12-19-10-3-1-4-11-19)18-20-13-7-8-16-22(20)24-21-14-5-2-6-15-21/h1-8,10-11,13-16H,9,12,17-18H2. The van der Waals surface area contributed by atoms with Crippen LogP contribution in [0.4, 0.5) is 0 Å². The summed E-state index contributed by atoms with van der Waals surface area (Å²) in [4.78, 5) is 0. The monoisotopic (exact) mass is 350 g/mol. The Morgan fingerprint density at radius 3 is 2.16 bits per heavy atom. The SMILES string of the molecule is O=S(CCCc1ccccc1)Cc1ccccc1Oc1ccccc1. The summed E-state index contributed by atoms with van der Waals surface area (Å²) in [6, 6.07) is 27.9. The summed E-state index contributed by atoms with van der Waals surface area (Å²) in [6.07, 6.45) is 1.90. The first-order valence-corrected chi connectivity index (χ1v) is 10.00. The third-order valence-corrected chi connectivity index (χ3v) is 5.32. The van der Waals surface area contributed by atoms with Crippen molar-refractivity contribution < 1.29 is 8.95 Å². The van der Waals surface area contributed by atoms with Gasteiger partial charge in [-0.3, -0.25) is 4.21 Å². The summed E-state index contributed by atoms with van der Waals surface area (Å²) in [5, 5.41) is 0. The summed E-state index contributed by atoms with van der Waals surface area (Å²) >= 11 is 0. The first kappa shape index (κ1) is 17.4. The van der Waals surface area contributed by atoms with E-state index < -0.39 is 10.8 Å². The zero-order valence-corrected chi connectivity index (χ0v) is 15.0. The van der Waals surface area contributed by atoms with Crippen LogP contribution in [0.3, 0.4) is 0 Å². The molecule has 3 heteroatoms. The second-order valence-electron chi connectivity index (χ2n) is 5.90. The van der Waals surface area contributed by atoms with Gasteiger partial charge in [-0.25, -0.2) is 0 Å². The van der Waals surface area contributed by atoms with Crippen LogP contribution in [0.1, 0.15) is 17.5 Å². The van der Waals surface area contributed by atoms with E-state index in [4.69, 9.17) is 4.74 Å². The number of benzene rings is 3. The van der Waals surface area contributed by atoms with Crippen LogP contribution in [-0.2, 0) is 23.0 Å². The molecule has 0 fully saturated rings. The molecule has 0 radical (unpaired) electrons. The van der Waals surface area contributed by atoms with Crippen molar-refractivity contribution in [3.8, 4) is 11.5 Å². The minimum Gasteiger partial charge on any atom is -0.457 e. The van der Waals surface area contributed by atoms with Crippen molar-refractivity contribution in [3.05, 3.63) is 96.1 Å². The second-order valence-corrected chi connectivity index (χ2v) is 7.48. The van der Waals surface area contributed by atoms with E-state index in [0.29, 0.717) is 11.5 Å². The molecule has 3 rings (SSSR count). The van der Waals surface area contributed by atoms with Crippen LogP contribution in [0.15, 0.2) is 84.9 Å². The Balaban J connectivity index is 1.56. The Bertz CT molecular complexity index is 801. The fraction of sp³-hybridized carbons (Fsp3) is 0.182. The van der Waals surface area contributed by atoms with Crippen molar-refractivity contribution in [2.75, 3.05) is 5.75 Å². The van der Waals surface area contributed by atoms with Crippen LogP contribution in [0.2, 0.25) is 0 Å². The Labute approximate surface area is 151 Å². The van der Waals surface area contributed by atoms with Gasteiger partial charge in [0.2, 0.25) is 0 Å². The molecule has 0 spiro atoms. The molecule has 2 nitrogen and oxygen atoms in total. The molecular formula is C22H22O2S. The van der Waals surface area contributed by atoms with E-state index >= 15 is 0 Å². The maximum absolute atomic E-state index is 12.5. The Morgan fingerprint density at radius 2 is 1.40 bits per heavy atom. The predicted octanol–water partition coefficient (Wildman–Crippen LogP) is 5.36. The Hall–Kier alpha value is -2.39. The molecule has 0 aliphatic rings. The molecule has 0 N–H and O–H groups in total. The summed E-state index contributed by atoms with van der Waals surface area (Å²) in [7, 11) is -0.893. The molecule has 0 bridgehead atoms. The molecule has 25 heavy (non-hydrogen) atoms. The molecule has 0 aromatic heterocycles. The van der Waals surface area contributed by atoms with E-state index in [1.54, 1.807) is 0 Å². The van der Waals surface area contributed by atoms with Crippen LogP contribution in [-0.4, -0.2) is 9.96 Å². The van der Waals surface area contributed by atoms with E-state index in [1.807, 2.05) is 72.8 Å². The highest BCUT2D eigenvalue weighted by atomic mass is 32.2. The molecule has 0 heterocycles. The maximum Gasteiger partial charge on any atom is 0.131 e. The van der Waals surface area contributed by atoms with Gasteiger partial charge in [0.25, 0.3) is 0 Å². The molecule has 0 saturated heterocycles. The van der Waals surface area contributed by atoms with Gasteiger partial charge in [0.15, 0.2) is 0 Å². The van der Waals surface area contributed by atoms with Crippen molar-refractivity contribution in [1.29, 1.82) is 0 Å². The number of rotatable bonds is 8. The van der Waals surface area contributed by atoms with Gasteiger partial charge < -0.3 is 4.74 Å². The van der Waals surface area contributed by atoms with Gasteiger partial charge >= 0.3 is 0 Å². The normalized spacial score (nSPS) is 11.8. The van der Waals surface area contributed by atoms with Gasteiger partial charge in [0.1, 0.15) is 11.5 Å². The van der Waals surface area contributed by atoms with E-state index in [1.165, 1.54) is 5.56 Å². The first-order valence-electron chi connectivity index (χ1n) is 8.51. The number of para-hydroxylation sites is 2. The van der Waals surface area contributed by atoms with Gasteiger partial charge in [0, 0.05) is 22.1 Å². The van der Waals surface area contributed by atoms with Crippen LogP contribution in [0.5, 0.6) is 11.5 Å². The number of ether oxygens (including phenoxy) is 1. The largest absolute Gasteiger partial charge is 0.457 e. The fourth-order valence-corrected chi connectivity index (χ4v) is 3.86. The zero-order chi connectivity index (χ0) is 17.3. The molecule has 3 aromatic carbocycles. The Morgan fingerprint density at radius 1 is 0.760 bits per heavy atom. The van der Waals surface area contributed by atoms with Crippen LogP contribution >= 0.6 is 0 Å². The molecule has 0 aliphatic carbocycles. The molecule has 1 atom stereocenters. The van der Waals surface area contributed by atoms with E-state index in [2.05, 4.69) is 12.1 Å². The third-order valence-electron chi connectivity index (χ3n) is 3.94. The van der Waals surface area contributed by atoms with Gasteiger partial charge in [-0.15, -0.1) is 0 Å². The van der Waals surface area contributed by atoms with Crippen molar-refractivity contribution in [2.24, 2.45) is 0 Å². The molecule has 1 unspecified atom stereocenters. The molecule has 0 aliphatic heterocycles. The first-order chi connectivity index (χ1) is 12.3. The van der Waals surface area contributed by atoms with Gasteiger partial charge in [-0.2, -0.15) is 0 Å². The molecule has 0 saturated carbocycles. The highest BCUT2D eigenvalue weighted by Crippen LogP contribution is 2.26. The predicted molar refractivity (Wildman–Crippen MR) is 104 cm³/mol. The zero-order valence-electron chi connectivity index (χ0n) is 14.1. The van der Waals surface area contributed by atoms with Crippen molar-refractivity contribution in [2.45, 2.75) is 18.6 Å². The number of aryl methyl sites for hydroxylation is 1. The molecule has 0 amide bonds. The summed E-state index contributed by atoms with van der Waals surface area (Å²) in [5.41, 5.74) is 2.29. The second kappa shape index (κ2) is 9.19. The summed E-state index contributed by atoms with van der Waals surface area (Å²) in [5.74, 6) is 2.81. The van der Waals surface area contributed by atoms with E-state index in [-0.39, 0.29) is 0 Å². The third kappa shape index (κ3) is 5.57. The topological polar surface area (TPSA) is 26.3 Å². The summed E-state index contributed by atoms with van der Waals surface area (Å²) < 4.78 is 18.4. The lowest BCUT2D eigenvalue weighted by molar-refractivity contribution is 0.478. The minimum absolute atomic E-state index is 0.526. The van der Waals surface area contributed by atoms with Crippen molar-refractivity contribution in [1.82, 2.24) is 0 Å². The lowest BCUT2D eigenvalue weighted by atomic mass is 10.1. The van der Waals surface area contributed by atoms with Crippen LogP contribution in [0, 0.1) is 0 Å². The molecular weight excluding hydrogens is 328 g/mol. The number of hydrogen-bond donors (Lipinski definition) is 0. The van der Waals surface area contributed by atoms with E-state index in [9.17, 15) is 4.21 Å². The van der Waals surface area contributed by atoms with Crippen molar-refractivity contribution in [3.63, 3.8) is 0 Å². The van der Waals surface area contributed by atoms with Crippen LogP contribution < -0.4 is 4.74 Å². The minimum atomic E-state index is -0.893. The number of hydrogen-bond acceptors (Lipinski definition) is 2. The highest BCUT2D eigenvalue weighted by molar-refractivity contribution is 7.84. The lowest BCUT2D eigenvalue weighted by Crippen LogP contribution is -2.03. The quantitative estimate of drug-likeness (QED) is 0.546. The maximum atomic E-state index is 12.5. The van der Waals surface area contributed by atoms with Gasteiger partial charge in [-0.05, 0) is 36.6 Å². The molecule has 3 aromatic rings. The van der Waals surface area contributed by atoms with Crippen LogP contribution in [0.25, 0.3) is 0 Å². The van der Waals surface area contributed by atoms with Gasteiger partial charge in [0.05, 0.1) is 5.75 Å². The lowest BCUT2D eigenvalue weighted by Gasteiger charge is -2.11. The summed E-state index contributed by atoms with van der Waals surface area (Å²) in [6.45, 7) is 0. The van der Waals surface area contributed by atoms with Gasteiger partial charge in [-0.1, -0.05) is 66.7 Å². The average molecular weight is 350 g/mol. The smallest absolute Gasteiger partial charge is 0.131 e.